The largest absolute Gasteiger partial charge is 0.296 e. The van der Waals surface area contributed by atoms with Crippen LogP contribution < -0.4 is 5.48 Å². The SMILES string of the molecule is CCC(CC)N1CCc2cc(C(=O)NO)cc(F)c2C1. The van der Waals surface area contributed by atoms with Gasteiger partial charge in [-0.3, -0.25) is 14.9 Å². The number of hydroxylamine groups is 1. The Morgan fingerprint density at radius 1 is 1.45 bits per heavy atom. The summed E-state index contributed by atoms with van der Waals surface area (Å²) in [6, 6.07) is 3.34. The van der Waals surface area contributed by atoms with Crippen molar-refractivity contribution in [1.82, 2.24) is 10.4 Å². The third-order valence-electron chi connectivity index (χ3n) is 4.14. The molecule has 5 heteroatoms. The highest BCUT2D eigenvalue weighted by Crippen LogP contribution is 2.26. The zero-order valence-corrected chi connectivity index (χ0v) is 11.9. The Bertz CT molecular complexity index is 501. The molecular weight excluding hydrogens is 259 g/mol. The van der Waals surface area contributed by atoms with Crippen LogP contribution >= 0.6 is 0 Å². The van der Waals surface area contributed by atoms with Gasteiger partial charge in [-0.25, -0.2) is 9.87 Å². The molecule has 1 amide bonds. The van der Waals surface area contributed by atoms with E-state index < -0.39 is 5.91 Å². The summed E-state index contributed by atoms with van der Waals surface area (Å²) in [6.07, 6.45) is 2.84. The number of nitrogens with one attached hydrogen (secondary N) is 1. The van der Waals surface area contributed by atoms with Crippen molar-refractivity contribution < 1.29 is 14.4 Å². The van der Waals surface area contributed by atoms with Crippen LogP contribution in [0.2, 0.25) is 0 Å². The minimum absolute atomic E-state index is 0.166. The van der Waals surface area contributed by atoms with E-state index in [1.165, 1.54) is 6.07 Å². The third-order valence-corrected chi connectivity index (χ3v) is 4.14. The standard InChI is InChI=1S/C15H21FN2O2/c1-3-12(4-2)18-6-5-10-7-11(15(19)17-20)8-14(16)13(10)9-18/h7-8,12,20H,3-6,9H2,1-2H3,(H,17,19). The van der Waals surface area contributed by atoms with Gasteiger partial charge in [0.25, 0.3) is 5.91 Å². The summed E-state index contributed by atoms with van der Waals surface area (Å²) in [5, 5.41) is 8.63. The van der Waals surface area contributed by atoms with Crippen LogP contribution in [0, 0.1) is 5.82 Å². The molecule has 0 aromatic heterocycles. The Morgan fingerprint density at radius 3 is 2.75 bits per heavy atom. The van der Waals surface area contributed by atoms with Gasteiger partial charge in [0.2, 0.25) is 0 Å². The molecule has 0 spiro atoms. The monoisotopic (exact) mass is 280 g/mol. The molecule has 0 fully saturated rings. The van der Waals surface area contributed by atoms with Crippen molar-refractivity contribution in [2.24, 2.45) is 0 Å². The van der Waals surface area contributed by atoms with Gasteiger partial charge in [0.15, 0.2) is 0 Å². The number of rotatable bonds is 4. The Hall–Kier alpha value is -1.46. The number of hydrogen-bond donors (Lipinski definition) is 2. The molecule has 0 saturated carbocycles. The highest BCUT2D eigenvalue weighted by atomic mass is 19.1. The van der Waals surface area contributed by atoms with Gasteiger partial charge in [0.1, 0.15) is 5.82 Å². The van der Waals surface area contributed by atoms with Gasteiger partial charge in [-0.2, -0.15) is 0 Å². The van der Waals surface area contributed by atoms with E-state index in [0.29, 0.717) is 18.2 Å². The lowest BCUT2D eigenvalue weighted by molar-refractivity contribution is 0.0705. The maximum Gasteiger partial charge on any atom is 0.274 e. The van der Waals surface area contributed by atoms with Crippen LogP contribution in [-0.2, 0) is 13.0 Å². The van der Waals surface area contributed by atoms with E-state index in [2.05, 4.69) is 18.7 Å². The Kier molecular flexibility index (Phi) is 4.73. The van der Waals surface area contributed by atoms with Crippen LogP contribution in [0.5, 0.6) is 0 Å². The van der Waals surface area contributed by atoms with E-state index in [9.17, 15) is 9.18 Å². The number of carbonyl (C=O) groups is 1. The molecule has 20 heavy (non-hydrogen) atoms. The zero-order valence-electron chi connectivity index (χ0n) is 11.9. The average Bonchev–Trinajstić information content (AvgIpc) is 2.48. The summed E-state index contributed by atoms with van der Waals surface area (Å²) in [5.74, 6) is -1.04. The molecule has 1 aliphatic rings. The number of halogens is 1. The summed E-state index contributed by atoms with van der Waals surface area (Å²) in [4.78, 5) is 13.7. The molecule has 0 bridgehead atoms. The molecule has 0 saturated heterocycles. The van der Waals surface area contributed by atoms with E-state index >= 15 is 0 Å². The van der Waals surface area contributed by atoms with Crippen molar-refractivity contribution >= 4 is 5.91 Å². The fourth-order valence-electron chi connectivity index (χ4n) is 2.95. The van der Waals surface area contributed by atoms with Crippen LogP contribution in [0.3, 0.4) is 0 Å². The molecule has 0 radical (unpaired) electrons. The van der Waals surface area contributed by atoms with E-state index in [1.54, 1.807) is 11.5 Å². The second-order valence-corrected chi connectivity index (χ2v) is 5.23. The molecule has 0 aliphatic carbocycles. The molecule has 0 unspecified atom stereocenters. The van der Waals surface area contributed by atoms with Gasteiger partial charge in [-0.05, 0) is 37.0 Å². The highest BCUT2D eigenvalue weighted by Gasteiger charge is 2.24. The predicted molar refractivity (Wildman–Crippen MR) is 74.1 cm³/mol. The zero-order chi connectivity index (χ0) is 14.7. The minimum Gasteiger partial charge on any atom is -0.296 e. The number of hydrogen-bond acceptors (Lipinski definition) is 3. The van der Waals surface area contributed by atoms with Crippen molar-refractivity contribution in [3.63, 3.8) is 0 Å². The number of carbonyl (C=O) groups excluding carboxylic acids is 1. The summed E-state index contributed by atoms with van der Waals surface area (Å²) in [5.41, 5.74) is 3.26. The molecule has 110 valence electrons. The molecule has 4 nitrogen and oxygen atoms in total. The summed E-state index contributed by atoms with van der Waals surface area (Å²) in [7, 11) is 0. The van der Waals surface area contributed by atoms with Crippen molar-refractivity contribution in [3.8, 4) is 0 Å². The van der Waals surface area contributed by atoms with Crippen LogP contribution in [0.4, 0.5) is 4.39 Å². The van der Waals surface area contributed by atoms with Crippen molar-refractivity contribution in [2.75, 3.05) is 6.54 Å². The maximum atomic E-state index is 14.2. The summed E-state index contributed by atoms with van der Waals surface area (Å²) >= 11 is 0. The Labute approximate surface area is 118 Å². The number of amides is 1. The van der Waals surface area contributed by atoms with Crippen LogP contribution in [0.1, 0.15) is 48.2 Å². The lowest BCUT2D eigenvalue weighted by Crippen LogP contribution is -2.39. The lowest BCUT2D eigenvalue weighted by atomic mass is 9.94. The number of fused-ring (bicyclic) bond motifs is 1. The first kappa shape index (κ1) is 14.9. The molecule has 2 rings (SSSR count). The predicted octanol–water partition coefficient (Wildman–Crippen LogP) is 2.49. The van der Waals surface area contributed by atoms with Crippen LogP contribution in [-0.4, -0.2) is 28.6 Å². The van der Waals surface area contributed by atoms with Crippen LogP contribution in [0.15, 0.2) is 12.1 Å². The van der Waals surface area contributed by atoms with E-state index in [-0.39, 0.29) is 11.4 Å². The van der Waals surface area contributed by atoms with Gasteiger partial charge < -0.3 is 0 Å². The smallest absolute Gasteiger partial charge is 0.274 e. The summed E-state index contributed by atoms with van der Waals surface area (Å²) in [6.45, 7) is 5.76. The van der Waals surface area contributed by atoms with Crippen molar-refractivity contribution in [2.45, 2.75) is 45.7 Å². The minimum atomic E-state index is -0.672. The van der Waals surface area contributed by atoms with Crippen molar-refractivity contribution in [3.05, 3.63) is 34.6 Å². The fourth-order valence-corrected chi connectivity index (χ4v) is 2.95. The van der Waals surface area contributed by atoms with Gasteiger partial charge in [0, 0.05) is 30.3 Å². The molecular formula is C15H21FN2O2. The quantitative estimate of drug-likeness (QED) is 0.658. The average molecular weight is 280 g/mol. The van der Waals surface area contributed by atoms with Crippen molar-refractivity contribution in [1.29, 1.82) is 0 Å². The van der Waals surface area contributed by atoms with Crippen LogP contribution in [0.25, 0.3) is 0 Å². The highest BCUT2D eigenvalue weighted by molar-refractivity contribution is 5.93. The molecule has 1 aliphatic heterocycles. The molecule has 0 atom stereocenters. The lowest BCUT2D eigenvalue weighted by Gasteiger charge is -2.35. The third kappa shape index (κ3) is 2.83. The van der Waals surface area contributed by atoms with Gasteiger partial charge in [0.05, 0.1) is 0 Å². The first-order chi connectivity index (χ1) is 9.60. The molecule has 1 aromatic carbocycles. The molecule has 1 aromatic rings. The number of benzene rings is 1. The second-order valence-electron chi connectivity index (χ2n) is 5.23. The van der Waals surface area contributed by atoms with E-state index in [1.807, 2.05) is 0 Å². The first-order valence-electron chi connectivity index (χ1n) is 7.10. The normalized spacial score (nSPS) is 15.2. The van der Waals surface area contributed by atoms with Gasteiger partial charge in [-0.15, -0.1) is 0 Å². The Morgan fingerprint density at radius 2 is 2.15 bits per heavy atom. The Balaban J connectivity index is 2.27. The van der Waals surface area contributed by atoms with E-state index in [0.717, 1.165) is 31.4 Å². The maximum absolute atomic E-state index is 14.2. The van der Waals surface area contributed by atoms with Gasteiger partial charge >= 0.3 is 0 Å². The van der Waals surface area contributed by atoms with E-state index in [4.69, 9.17) is 5.21 Å². The number of nitrogens with zero attached hydrogens (tertiary/aromatic N) is 1. The first-order valence-corrected chi connectivity index (χ1v) is 7.10. The second kappa shape index (κ2) is 6.33. The summed E-state index contributed by atoms with van der Waals surface area (Å²) < 4.78 is 14.2. The fraction of sp³-hybridized carbons (Fsp3) is 0.533. The van der Waals surface area contributed by atoms with Gasteiger partial charge in [-0.1, -0.05) is 13.8 Å². The topological polar surface area (TPSA) is 52.6 Å². The molecule has 1 heterocycles. The molecule has 2 N–H and O–H groups in total.